The molecule has 5 N–H and O–H groups in total. The molecule has 0 radical (unpaired) electrons. The number of nitrogen functional groups attached to an aromatic ring is 1. The van der Waals surface area contributed by atoms with Crippen molar-refractivity contribution in [2.24, 2.45) is 0 Å². The number of nitrogens with zero attached hydrogens (tertiary/aromatic N) is 1. The molecule has 0 saturated heterocycles. The molecule has 1 aromatic heterocycles. The van der Waals surface area contributed by atoms with E-state index in [4.69, 9.17) is 20.7 Å². The molecule has 88 valence electrons. The van der Waals surface area contributed by atoms with Gasteiger partial charge in [0, 0.05) is 11.8 Å². The van der Waals surface area contributed by atoms with Gasteiger partial charge in [-0.05, 0) is 6.07 Å². The maximum atomic E-state index is 10.4. The predicted octanol–water partition coefficient (Wildman–Crippen LogP) is -0.849. The first kappa shape index (κ1) is 12.2. The number of methoxy groups -OCH3 is 1. The minimum atomic E-state index is -1.92. The fourth-order valence-electron chi connectivity index (χ4n) is 1.11. The monoisotopic (exact) mass is 228 g/mol. The summed E-state index contributed by atoms with van der Waals surface area (Å²) in [7, 11) is 1.36. The highest BCUT2D eigenvalue weighted by atomic mass is 16.5. The van der Waals surface area contributed by atoms with Gasteiger partial charge in [0.1, 0.15) is 6.10 Å². The molecule has 1 rings (SSSR count). The second-order valence-corrected chi connectivity index (χ2v) is 3.08. The van der Waals surface area contributed by atoms with Crippen LogP contribution in [0.4, 0.5) is 5.82 Å². The number of aliphatic carboxylic acids is 1. The van der Waals surface area contributed by atoms with Crippen LogP contribution >= 0.6 is 0 Å². The summed E-state index contributed by atoms with van der Waals surface area (Å²) < 4.78 is 4.85. The van der Waals surface area contributed by atoms with E-state index in [1.807, 2.05) is 0 Å². The number of rotatable bonds is 4. The lowest BCUT2D eigenvalue weighted by molar-refractivity contribution is -0.153. The maximum Gasteiger partial charge on any atom is 0.335 e. The van der Waals surface area contributed by atoms with Gasteiger partial charge in [-0.3, -0.25) is 0 Å². The van der Waals surface area contributed by atoms with Crippen molar-refractivity contribution < 1.29 is 24.9 Å². The van der Waals surface area contributed by atoms with E-state index in [0.717, 1.165) is 0 Å². The Labute approximate surface area is 91.1 Å². The van der Waals surface area contributed by atoms with Crippen molar-refractivity contribution in [3.05, 3.63) is 17.8 Å². The van der Waals surface area contributed by atoms with E-state index in [-0.39, 0.29) is 17.1 Å². The summed E-state index contributed by atoms with van der Waals surface area (Å²) >= 11 is 0. The first-order chi connectivity index (χ1) is 7.47. The molecule has 16 heavy (non-hydrogen) atoms. The van der Waals surface area contributed by atoms with Gasteiger partial charge in [0.05, 0.1) is 7.11 Å². The maximum absolute atomic E-state index is 10.4. The summed E-state index contributed by atoms with van der Waals surface area (Å²) in [5.41, 5.74) is 5.55. The van der Waals surface area contributed by atoms with E-state index in [1.54, 1.807) is 0 Å². The zero-order valence-electron chi connectivity index (χ0n) is 8.49. The Morgan fingerprint density at radius 2 is 2.19 bits per heavy atom. The third-order valence-electron chi connectivity index (χ3n) is 2.02. The average molecular weight is 228 g/mol. The molecular formula is C9H12N2O5. The zero-order valence-corrected chi connectivity index (χ0v) is 8.49. The predicted molar refractivity (Wildman–Crippen MR) is 53.8 cm³/mol. The molecule has 1 heterocycles. The standard InChI is InChI=1S/C9H12N2O5/c1-16-5-2-4(3-11-8(5)10)6(12)7(13)9(14)15/h2-3,6-7,12-13H,1H3,(H2,10,11)(H,14,15). The van der Waals surface area contributed by atoms with E-state index < -0.39 is 18.2 Å². The molecule has 0 aromatic carbocycles. The van der Waals surface area contributed by atoms with Crippen LogP contribution in [0.1, 0.15) is 11.7 Å². The lowest BCUT2D eigenvalue weighted by atomic mass is 10.1. The van der Waals surface area contributed by atoms with Gasteiger partial charge in [-0.1, -0.05) is 0 Å². The highest BCUT2D eigenvalue weighted by Gasteiger charge is 2.26. The Hall–Kier alpha value is -1.86. The van der Waals surface area contributed by atoms with Gasteiger partial charge in [-0.15, -0.1) is 0 Å². The van der Waals surface area contributed by atoms with Crippen LogP contribution in [0.15, 0.2) is 12.3 Å². The average Bonchev–Trinajstić information content (AvgIpc) is 2.27. The summed E-state index contributed by atoms with van der Waals surface area (Å²) in [6.45, 7) is 0. The van der Waals surface area contributed by atoms with Gasteiger partial charge in [0.25, 0.3) is 0 Å². The number of aliphatic hydroxyl groups excluding tert-OH is 2. The van der Waals surface area contributed by atoms with Crippen LogP contribution in [0.25, 0.3) is 0 Å². The molecule has 0 amide bonds. The number of carboxylic acids is 1. The lowest BCUT2D eigenvalue weighted by Gasteiger charge is -2.15. The Bertz CT molecular complexity index is 395. The van der Waals surface area contributed by atoms with Crippen LogP contribution in [-0.2, 0) is 4.79 Å². The number of aliphatic hydroxyl groups is 2. The van der Waals surface area contributed by atoms with Gasteiger partial charge in [-0.25, -0.2) is 9.78 Å². The van der Waals surface area contributed by atoms with Gasteiger partial charge >= 0.3 is 5.97 Å². The van der Waals surface area contributed by atoms with Crippen molar-refractivity contribution in [1.82, 2.24) is 4.98 Å². The topological polar surface area (TPSA) is 126 Å². The van der Waals surface area contributed by atoms with Crippen LogP contribution in [-0.4, -0.2) is 39.5 Å². The molecule has 2 atom stereocenters. The van der Waals surface area contributed by atoms with Crippen molar-refractivity contribution in [3.8, 4) is 5.75 Å². The largest absolute Gasteiger partial charge is 0.493 e. The molecule has 7 nitrogen and oxygen atoms in total. The van der Waals surface area contributed by atoms with Crippen LogP contribution in [0.2, 0.25) is 0 Å². The number of nitrogens with two attached hydrogens (primary N) is 1. The molecule has 0 aliphatic heterocycles. The Morgan fingerprint density at radius 3 is 2.69 bits per heavy atom. The third-order valence-corrected chi connectivity index (χ3v) is 2.02. The normalized spacial score (nSPS) is 14.2. The number of hydrogen-bond acceptors (Lipinski definition) is 6. The van der Waals surface area contributed by atoms with Gasteiger partial charge < -0.3 is 25.8 Å². The smallest absolute Gasteiger partial charge is 0.335 e. The van der Waals surface area contributed by atoms with Crippen molar-refractivity contribution in [1.29, 1.82) is 0 Å². The van der Waals surface area contributed by atoms with Crippen LogP contribution in [0.5, 0.6) is 5.75 Å². The molecule has 0 spiro atoms. The fourth-order valence-corrected chi connectivity index (χ4v) is 1.11. The minimum absolute atomic E-state index is 0.112. The number of pyridine rings is 1. The Morgan fingerprint density at radius 1 is 1.56 bits per heavy atom. The van der Waals surface area contributed by atoms with Crippen LogP contribution < -0.4 is 10.5 Å². The van der Waals surface area contributed by atoms with E-state index in [2.05, 4.69) is 4.98 Å². The number of ether oxygens (including phenoxy) is 1. The van der Waals surface area contributed by atoms with Gasteiger partial charge in [0.15, 0.2) is 17.7 Å². The lowest BCUT2D eigenvalue weighted by Crippen LogP contribution is -2.27. The minimum Gasteiger partial charge on any atom is -0.493 e. The Kier molecular flexibility index (Phi) is 3.64. The number of carbonyl (C=O) groups is 1. The molecule has 1 aromatic rings. The van der Waals surface area contributed by atoms with Crippen molar-refractivity contribution in [2.45, 2.75) is 12.2 Å². The van der Waals surface area contributed by atoms with E-state index in [0.29, 0.717) is 0 Å². The molecule has 7 heteroatoms. The summed E-state index contributed by atoms with van der Waals surface area (Å²) in [5.74, 6) is -1.21. The first-order valence-electron chi connectivity index (χ1n) is 4.35. The van der Waals surface area contributed by atoms with Gasteiger partial charge in [-0.2, -0.15) is 0 Å². The third kappa shape index (κ3) is 2.38. The van der Waals surface area contributed by atoms with Crippen molar-refractivity contribution >= 4 is 11.8 Å². The summed E-state index contributed by atoms with van der Waals surface area (Å²) in [6, 6.07) is 1.32. The molecule has 0 saturated carbocycles. The molecule has 0 aliphatic carbocycles. The van der Waals surface area contributed by atoms with E-state index in [9.17, 15) is 9.90 Å². The van der Waals surface area contributed by atoms with E-state index in [1.165, 1.54) is 19.4 Å². The molecule has 0 aliphatic rings. The second-order valence-electron chi connectivity index (χ2n) is 3.08. The number of aromatic nitrogens is 1. The molecule has 0 fully saturated rings. The fraction of sp³-hybridized carbons (Fsp3) is 0.333. The summed E-state index contributed by atoms with van der Waals surface area (Å²) in [4.78, 5) is 14.2. The van der Waals surface area contributed by atoms with E-state index >= 15 is 0 Å². The number of hydrogen-bond donors (Lipinski definition) is 4. The number of anilines is 1. The summed E-state index contributed by atoms with van der Waals surface area (Å²) in [5, 5.41) is 27.1. The molecule has 2 unspecified atom stereocenters. The van der Waals surface area contributed by atoms with Gasteiger partial charge in [0.2, 0.25) is 0 Å². The number of carboxylic acid groups (broad SMARTS) is 1. The van der Waals surface area contributed by atoms with Crippen LogP contribution in [0, 0.1) is 0 Å². The van der Waals surface area contributed by atoms with Crippen molar-refractivity contribution in [3.63, 3.8) is 0 Å². The molecular weight excluding hydrogens is 216 g/mol. The zero-order chi connectivity index (χ0) is 12.3. The quantitative estimate of drug-likeness (QED) is 0.528. The Balaban J connectivity index is 3.00. The summed E-state index contributed by atoms with van der Waals surface area (Å²) in [6.07, 6.45) is -2.33. The van der Waals surface area contributed by atoms with Crippen LogP contribution in [0.3, 0.4) is 0 Å². The molecule has 0 bridgehead atoms. The second kappa shape index (κ2) is 4.77. The first-order valence-corrected chi connectivity index (χ1v) is 4.35. The highest BCUT2D eigenvalue weighted by molar-refractivity contribution is 5.73. The van der Waals surface area contributed by atoms with Crippen molar-refractivity contribution in [2.75, 3.05) is 12.8 Å². The highest BCUT2D eigenvalue weighted by Crippen LogP contribution is 2.24. The SMILES string of the molecule is COc1cc(C(O)C(O)C(=O)O)cnc1N.